The van der Waals surface area contributed by atoms with Crippen molar-refractivity contribution in [1.29, 1.82) is 5.41 Å². The van der Waals surface area contributed by atoms with Crippen molar-refractivity contribution in [3.8, 4) is 11.5 Å². The van der Waals surface area contributed by atoms with Crippen LogP contribution in [-0.4, -0.2) is 61.3 Å². The van der Waals surface area contributed by atoms with Gasteiger partial charge in [-0.2, -0.15) is 13.2 Å². The summed E-state index contributed by atoms with van der Waals surface area (Å²) in [5, 5.41) is 24.0. The molecule has 0 aromatic heterocycles. The largest absolute Gasteiger partial charge is 0.493 e. The van der Waals surface area contributed by atoms with Gasteiger partial charge in [-0.1, -0.05) is 52.0 Å². The summed E-state index contributed by atoms with van der Waals surface area (Å²) in [5.41, 5.74) is 0.739. The molecule has 0 saturated heterocycles. The number of amides is 2. The highest BCUT2D eigenvalue weighted by atomic mass is 19.4. The molecule has 0 heterocycles. The predicted molar refractivity (Wildman–Crippen MR) is 143 cm³/mol. The lowest BCUT2D eigenvalue weighted by atomic mass is 9.84. The first kappa shape index (κ1) is 34.5. The number of guanidine groups is 1. The molecule has 1 fully saturated rings. The maximum atomic E-state index is 13.0. The van der Waals surface area contributed by atoms with Gasteiger partial charge in [-0.05, 0) is 42.9 Å². The van der Waals surface area contributed by atoms with Crippen molar-refractivity contribution in [2.45, 2.75) is 89.9 Å². The van der Waals surface area contributed by atoms with Gasteiger partial charge in [0.25, 0.3) is 0 Å². The van der Waals surface area contributed by atoms with Crippen molar-refractivity contribution in [3.63, 3.8) is 0 Å². The van der Waals surface area contributed by atoms with Crippen molar-refractivity contribution < 1.29 is 42.1 Å². The molecule has 0 radical (unpaired) electrons. The molecular weight excluding hydrogens is 533 g/mol. The van der Waals surface area contributed by atoms with Gasteiger partial charge in [0.15, 0.2) is 17.5 Å². The van der Waals surface area contributed by atoms with Crippen LogP contribution in [0.4, 0.5) is 13.2 Å². The molecule has 5 N–H and O–H groups in total. The van der Waals surface area contributed by atoms with E-state index in [4.69, 9.17) is 24.8 Å². The van der Waals surface area contributed by atoms with Gasteiger partial charge in [0.05, 0.1) is 20.6 Å². The zero-order chi connectivity index (χ0) is 30.3. The van der Waals surface area contributed by atoms with Crippen LogP contribution in [0.5, 0.6) is 11.5 Å². The average molecular weight is 575 g/mol. The molecule has 1 aliphatic rings. The monoisotopic (exact) mass is 574 g/mol. The molecule has 0 aliphatic heterocycles. The fourth-order valence-electron chi connectivity index (χ4n) is 4.35. The number of carboxylic acid groups (broad SMARTS) is 1. The van der Waals surface area contributed by atoms with Crippen LogP contribution in [0.25, 0.3) is 0 Å². The van der Waals surface area contributed by atoms with Gasteiger partial charge in [-0.3, -0.25) is 20.3 Å². The summed E-state index contributed by atoms with van der Waals surface area (Å²) in [4.78, 5) is 34.4. The number of hydrogen-bond acceptors (Lipinski definition) is 6. The molecule has 2 amide bonds. The van der Waals surface area contributed by atoms with E-state index in [9.17, 15) is 22.8 Å². The molecule has 1 aromatic carbocycles. The molecule has 40 heavy (non-hydrogen) atoms. The second-order valence-electron chi connectivity index (χ2n) is 9.55. The fourth-order valence-corrected chi connectivity index (χ4v) is 4.35. The van der Waals surface area contributed by atoms with Crippen LogP contribution in [0.1, 0.15) is 70.8 Å². The Balaban J connectivity index is 0.00000101. The summed E-state index contributed by atoms with van der Waals surface area (Å²) < 4.78 is 42.2. The van der Waals surface area contributed by atoms with Crippen LogP contribution >= 0.6 is 0 Å². The maximum Gasteiger partial charge on any atom is 0.490 e. The standard InChI is InChI=1S/C25H40N4O4.C2HF3O2/c1-5-19(6-2)27-24(31)20(14-17-10-8-7-9-11-17)28-25(26)29-23(30)16-18-12-13-21(32-3)22(15-18)33-4;3-2(4,5)1(6)7/h12-13,15,17,19-20H,5-11,14,16H2,1-4H3,(H,27,31)(H3,26,28,29,30);(H,6,7)/t20-;/m1./s1. The highest BCUT2D eigenvalue weighted by molar-refractivity contribution is 5.98. The lowest BCUT2D eigenvalue weighted by Gasteiger charge is -2.28. The van der Waals surface area contributed by atoms with Gasteiger partial charge >= 0.3 is 12.1 Å². The molecule has 1 aromatic rings. The van der Waals surface area contributed by atoms with Crippen LogP contribution in [0, 0.1) is 11.3 Å². The molecule has 0 spiro atoms. The summed E-state index contributed by atoms with van der Waals surface area (Å²) in [6.45, 7) is 4.10. The predicted octanol–water partition coefficient (Wildman–Crippen LogP) is 4.16. The number of benzene rings is 1. The number of nitrogens with one attached hydrogen (secondary N) is 4. The van der Waals surface area contributed by atoms with Crippen LogP contribution in [0.3, 0.4) is 0 Å². The van der Waals surface area contributed by atoms with E-state index in [1.54, 1.807) is 32.4 Å². The number of ether oxygens (including phenoxy) is 2. The van der Waals surface area contributed by atoms with E-state index in [1.807, 2.05) is 0 Å². The highest BCUT2D eigenvalue weighted by Gasteiger charge is 2.38. The lowest BCUT2D eigenvalue weighted by molar-refractivity contribution is -0.192. The third-order valence-electron chi connectivity index (χ3n) is 6.58. The second kappa shape index (κ2) is 17.2. The van der Waals surface area contributed by atoms with Crippen LogP contribution in [0.15, 0.2) is 18.2 Å². The number of aliphatic carboxylic acids is 1. The number of alkyl halides is 3. The number of carbonyl (C=O) groups is 3. The minimum atomic E-state index is -5.08. The molecule has 1 saturated carbocycles. The molecule has 1 atom stereocenters. The van der Waals surface area contributed by atoms with Gasteiger partial charge in [-0.25, -0.2) is 4.79 Å². The van der Waals surface area contributed by atoms with Crippen LogP contribution in [0.2, 0.25) is 0 Å². The molecule has 0 bridgehead atoms. The molecule has 1 aliphatic carbocycles. The van der Waals surface area contributed by atoms with E-state index in [1.165, 1.54) is 19.3 Å². The first-order chi connectivity index (χ1) is 18.8. The van der Waals surface area contributed by atoms with E-state index in [0.717, 1.165) is 31.2 Å². The smallest absolute Gasteiger partial charge is 0.490 e. The third kappa shape index (κ3) is 12.6. The van der Waals surface area contributed by atoms with Crippen molar-refractivity contribution in [2.24, 2.45) is 5.92 Å². The summed E-state index contributed by atoms with van der Waals surface area (Å²) in [6.07, 6.45) is 3.21. The van der Waals surface area contributed by atoms with Gasteiger partial charge in [0.1, 0.15) is 6.04 Å². The fraction of sp³-hybridized carbons (Fsp3) is 0.630. The molecular formula is C27H41F3N4O6. The topological polar surface area (TPSA) is 150 Å². The van der Waals surface area contributed by atoms with Crippen molar-refractivity contribution >= 4 is 23.7 Å². The van der Waals surface area contributed by atoms with E-state index in [0.29, 0.717) is 23.8 Å². The Labute approximate surface area is 232 Å². The minimum Gasteiger partial charge on any atom is -0.493 e. The molecule has 13 heteroatoms. The number of rotatable bonds is 11. The van der Waals surface area contributed by atoms with Crippen LogP contribution < -0.4 is 25.4 Å². The summed E-state index contributed by atoms with van der Waals surface area (Å²) >= 11 is 0. The first-order valence-electron chi connectivity index (χ1n) is 13.3. The summed E-state index contributed by atoms with van der Waals surface area (Å²) in [5.74, 6) is -1.76. The quantitative estimate of drug-likeness (QED) is 0.197. The van der Waals surface area contributed by atoms with Crippen LogP contribution in [-0.2, 0) is 20.8 Å². The number of halogens is 3. The van der Waals surface area contributed by atoms with E-state index < -0.39 is 18.2 Å². The van der Waals surface area contributed by atoms with Gasteiger partial charge in [0.2, 0.25) is 11.8 Å². The zero-order valence-corrected chi connectivity index (χ0v) is 23.5. The summed E-state index contributed by atoms with van der Waals surface area (Å²) in [6, 6.07) is 4.84. The highest BCUT2D eigenvalue weighted by Crippen LogP contribution is 2.28. The van der Waals surface area contributed by atoms with E-state index in [-0.39, 0.29) is 30.2 Å². The molecule has 0 unspecified atom stereocenters. The van der Waals surface area contributed by atoms with Gasteiger partial charge < -0.3 is 25.2 Å². The van der Waals surface area contributed by atoms with Crippen molar-refractivity contribution in [1.82, 2.24) is 16.0 Å². The van der Waals surface area contributed by atoms with Gasteiger partial charge in [-0.15, -0.1) is 0 Å². The first-order valence-corrected chi connectivity index (χ1v) is 13.3. The Hall–Kier alpha value is -3.51. The number of carboxylic acids is 1. The lowest BCUT2D eigenvalue weighted by Crippen LogP contribution is -2.53. The normalized spacial score (nSPS) is 14.3. The number of methoxy groups -OCH3 is 2. The van der Waals surface area contributed by atoms with E-state index in [2.05, 4.69) is 29.8 Å². The Morgan fingerprint density at radius 2 is 1.60 bits per heavy atom. The Kier molecular flexibility index (Phi) is 14.9. The van der Waals surface area contributed by atoms with Crippen molar-refractivity contribution in [2.75, 3.05) is 14.2 Å². The third-order valence-corrected chi connectivity index (χ3v) is 6.58. The SMILES string of the molecule is CCC(CC)NC(=O)[C@@H](CC1CCCCC1)NC(=N)NC(=O)Cc1ccc(OC)c(OC)c1.O=C(O)C(F)(F)F. The van der Waals surface area contributed by atoms with Gasteiger partial charge in [0, 0.05) is 6.04 Å². The number of hydrogen-bond donors (Lipinski definition) is 5. The Morgan fingerprint density at radius 3 is 2.10 bits per heavy atom. The molecule has 226 valence electrons. The zero-order valence-electron chi connectivity index (χ0n) is 23.5. The van der Waals surface area contributed by atoms with E-state index >= 15 is 0 Å². The second-order valence-corrected chi connectivity index (χ2v) is 9.55. The molecule has 2 rings (SSSR count). The maximum absolute atomic E-state index is 13.0. The summed E-state index contributed by atoms with van der Waals surface area (Å²) in [7, 11) is 3.10. The van der Waals surface area contributed by atoms with Crippen molar-refractivity contribution in [3.05, 3.63) is 23.8 Å². The Morgan fingerprint density at radius 1 is 1.02 bits per heavy atom. The average Bonchev–Trinajstić information content (AvgIpc) is 2.91. The number of carbonyl (C=O) groups excluding carboxylic acids is 2. The Bertz CT molecular complexity index is 980. The molecule has 10 nitrogen and oxygen atoms in total. The minimum absolute atomic E-state index is 0.0810.